The van der Waals surface area contributed by atoms with Crippen molar-refractivity contribution in [3.8, 4) is 5.75 Å². The minimum Gasteiger partial charge on any atom is -0.484 e. The Morgan fingerprint density at radius 2 is 1.88 bits per heavy atom. The third-order valence-electron chi connectivity index (χ3n) is 4.44. The number of benzene rings is 3. The average molecular weight is 432 g/mol. The predicted octanol–water partition coefficient (Wildman–Crippen LogP) is 2.73. The van der Waals surface area contributed by atoms with E-state index in [0.717, 1.165) is 4.68 Å². The Balaban J connectivity index is 1.46. The summed E-state index contributed by atoms with van der Waals surface area (Å²) in [7, 11) is 0. The summed E-state index contributed by atoms with van der Waals surface area (Å²) in [5, 5.41) is 6.86. The van der Waals surface area contributed by atoms with E-state index in [9.17, 15) is 18.8 Å². The lowest BCUT2D eigenvalue weighted by molar-refractivity contribution is -0.118. The van der Waals surface area contributed by atoms with Crippen LogP contribution in [0.5, 0.6) is 5.75 Å². The molecule has 9 heteroatoms. The summed E-state index contributed by atoms with van der Waals surface area (Å²) in [4.78, 5) is 39.3. The molecule has 0 aliphatic rings. The molecule has 0 saturated carbocycles. The SMILES string of the molecule is O=C(COc1cccc(C=Nn2c(=O)[nH]c3ccccc3c2=O)c1)Nc1cccc(F)c1. The van der Waals surface area contributed by atoms with Crippen molar-refractivity contribution in [2.45, 2.75) is 0 Å². The molecule has 1 heterocycles. The second-order valence-corrected chi connectivity index (χ2v) is 6.76. The molecule has 0 unspecified atom stereocenters. The molecule has 0 saturated heterocycles. The molecule has 4 rings (SSSR count). The number of rotatable bonds is 6. The van der Waals surface area contributed by atoms with Crippen LogP contribution in [0.15, 0.2) is 87.5 Å². The Kier molecular flexibility index (Phi) is 5.89. The molecule has 0 fully saturated rings. The normalized spacial score (nSPS) is 11.0. The maximum Gasteiger partial charge on any atom is 0.349 e. The number of nitrogens with one attached hydrogen (secondary N) is 2. The zero-order chi connectivity index (χ0) is 22.5. The van der Waals surface area contributed by atoms with Gasteiger partial charge in [0.15, 0.2) is 6.61 Å². The van der Waals surface area contributed by atoms with E-state index < -0.39 is 23.0 Å². The van der Waals surface area contributed by atoms with Crippen molar-refractivity contribution in [1.29, 1.82) is 0 Å². The fraction of sp³-hybridized carbons (Fsp3) is 0.0435. The third kappa shape index (κ3) is 4.78. The molecule has 1 aromatic heterocycles. The first-order valence-corrected chi connectivity index (χ1v) is 9.56. The molecule has 0 atom stereocenters. The molecule has 2 N–H and O–H groups in total. The van der Waals surface area contributed by atoms with Crippen molar-refractivity contribution < 1.29 is 13.9 Å². The van der Waals surface area contributed by atoms with E-state index in [1.165, 1.54) is 24.4 Å². The highest BCUT2D eigenvalue weighted by atomic mass is 19.1. The minimum atomic E-state index is -0.661. The van der Waals surface area contributed by atoms with Gasteiger partial charge in [-0.1, -0.05) is 30.3 Å². The molecule has 8 nitrogen and oxygen atoms in total. The monoisotopic (exact) mass is 432 g/mol. The van der Waals surface area contributed by atoms with E-state index >= 15 is 0 Å². The summed E-state index contributed by atoms with van der Waals surface area (Å²) in [6.45, 7) is -0.291. The zero-order valence-electron chi connectivity index (χ0n) is 16.6. The highest BCUT2D eigenvalue weighted by molar-refractivity contribution is 5.91. The first-order valence-electron chi connectivity index (χ1n) is 9.56. The number of aromatic nitrogens is 2. The molecular weight excluding hydrogens is 415 g/mol. The van der Waals surface area contributed by atoms with Gasteiger partial charge < -0.3 is 15.0 Å². The van der Waals surface area contributed by atoms with Crippen LogP contribution in [-0.2, 0) is 4.79 Å². The van der Waals surface area contributed by atoms with Crippen molar-refractivity contribution in [3.05, 3.63) is 105 Å². The lowest BCUT2D eigenvalue weighted by Gasteiger charge is -2.08. The maximum atomic E-state index is 13.2. The lowest BCUT2D eigenvalue weighted by atomic mass is 10.2. The van der Waals surface area contributed by atoms with Crippen LogP contribution < -0.4 is 21.3 Å². The summed E-state index contributed by atoms with van der Waals surface area (Å²) < 4.78 is 19.4. The summed E-state index contributed by atoms with van der Waals surface area (Å²) >= 11 is 0. The van der Waals surface area contributed by atoms with Gasteiger partial charge >= 0.3 is 5.69 Å². The summed E-state index contributed by atoms with van der Waals surface area (Å²) in [5.74, 6) is -0.535. The number of carbonyl (C=O) groups excluding carboxylic acids is 1. The number of hydrogen-bond acceptors (Lipinski definition) is 5. The number of fused-ring (bicyclic) bond motifs is 1. The molecule has 4 aromatic rings. The number of halogens is 1. The number of nitrogens with zero attached hydrogens (tertiary/aromatic N) is 2. The molecule has 0 aliphatic carbocycles. The number of carbonyl (C=O) groups is 1. The number of ether oxygens (including phenoxy) is 1. The van der Waals surface area contributed by atoms with Gasteiger partial charge in [-0.25, -0.2) is 9.18 Å². The largest absolute Gasteiger partial charge is 0.484 e. The Morgan fingerprint density at radius 1 is 1.06 bits per heavy atom. The van der Waals surface area contributed by atoms with Gasteiger partial charge in [0.1, 0.15) is 11.6 Å². The van der Waals surface area contributed by atoms with Crippen LogP contribution in [0.2, 0.25) is 0 Å². The van der Waals surface area contributed by atoms with Gasteiger partial charge in [-0.3, -0.25) is 9.59 Å². The molecule has 160 valence electrons. The number of aromatic amines is 1. The fourth-order valence-electron chi connectivity index (χ4n) is 2.98. The van der Waals surface area contributed by atoms with E-state index in [0.29, 0.717) is 27.9 Å². The van der Waals surface area contributed by atoms with Gasteiger partial charge in [-0.15, -0.1) is 4.68 Å². The predicted molar refractivity (Wildman–Crippen MR) is 119 cm³/mol. The second kappa shape index (κ2) is 9.09. The number of H-pyrrole nitrogens is 1. The average Bonchev–Trinajstić information content (AvgIpc) is 2.78. The van der Waals surface area contributed by atoms with Crippen LogP contribution in [0.3, 0.4) is 0 Å². The van der Waals surface area contributed by atoms with E-state index in [2.05, 4.69) is 15.4 Å². The van der Waals surface area contributed by atoms with Crippen LogP contribution >= 0.6 is 0 Å². The van der Waals surface area contributed by atoms with Gasteiger partial charge in [0.25, 0.3) is 11.5 Å². The maximum absolute atomic E-state index is 13.2. The Hall–Kier alpha value is -4.53. The first kappa shape index (κ1) is 20.7. The molecule has 1 amide bonds. The van der Waals surface area contributed by atoms with Crippen molar-refractivity contribution in [1.82, 2.24) is 9.66 Å². The molecular formula is C23H17FN4O4. The smallest absolute Gasteiger partial charge is 0.349 e. The Labute approximate surface area is 180 Å². The molecule has 0 bridgehead atoms. The molecule has 0 radical (unpaired) electrons. The molecule has 0 aliphatic heterocycles. The van der Waals surface area contributed by atoms with Crippen molar-refractivity contribution >= 4 is 28.7 Å². The minimum absolute atomic E-state index is 0.291. The Bertz CT molecular complexity index is 1440. The van der Waals surface area contributed by atoms with Gasteiger partial charge in [-0.05, 0) is 48.0 Å². The van der Waals surface area contributed by atoms with Crippen LogP contribution in [0.1, 0.15) is 5.56 Å². The molecule has 3 aromatic carbocycles. The second-order valence-electron chi connectivity index (χ2n) is 6.76. The summed E-state index contributed by atoms with van der Waals surface area (Å²) in [6.07, 6.45) is 1.34. The number of amides is 1. The fourth-order valence-corrected chi connectivity index (χ4v) is 2.98. The quantitative estimate of drug-likeness (QED) is 0.457. The zero-order valence-corrected chi connectivity index (χ0v) is 16.6. The number of hydrogen-bond donors (Lipinski definition) is 2. The molecule has 32 heavy (non-hydrogen) atoms. The third-order valence-corrected chi connectivity index (χ3v) is 4.44. The Morgan fingerprint density at radius 3 is 2.72 bits per heavy atom. The van der Waals surface area contributed by atoms with Crippen LogP contribution in [0, 0.1) is 5.82 Å². The summed E-state index contributed by atoms with van der Waals surface area (Å²) in [5.41, 5.74) is 0.104. The van der Waals surface area contributed by atoms with Crippen LogP contribution in [0.4, 0.5) is 10.1 Å². The van der Waals surface area contributed by atoms with E-state index in [1.54, 1.807) is 54.6 Å². The van der Waals surface area contributed by atoms with E-state index in [4.69, 9.17) is 4.74 Å². The van der Waals surface area contributed by atoms with Gasteiger partial charge in [0.05, 0.1) is 17.1 Å². The summed E-state index contributed by atoms with van der Waals surface area (Å²) in [6, 6.07) is 18.8. The van der Waals surface area contributed by atoms with Crippen molar-refractivity contribution in [2.75, 3.05) is 11.9 Å². The highest BCUT2D eigenvalue weighted by Crippen LogP contribution is 2.13. The van der Waals surface area contributed by atoms with Gasteiger partial charge in [0.2, 0.25) is 0 Å². The van der Waals surface area contributed by atoms with E-state index in [1.807, 2.05) is 0 Å². The van der Waals surface area contributed by atoms with Crippen molar-refractivity contribution in [2.24, 2.45) is 5.10 Å². The topological polar surface area (TPSA) is 106 Å². The number of para-hydroxylation sites is 1. The van der Waals surface area contributed by atoms with E-state index in [-0.39, 0.29) is 6.61 Å². The van der Waals surface area contributed by atoms with Gasteiger partial charge in [0, 0.05) is 5.69 Å². The molecule has 0 spiro atoms. The standard InChI is InChI=1S/C23H17FN4O4/c24-16-6-4-7-17(12-16)26-21(29)14-32-18-8-3-5-15(11-18)13-25-28-22(30)19-9-1-2-10-20(19)27-23(28)31/h1-13H,14H2,(H,26,29)(H,27,31). The van der Waals surface area contributed by atoms with Gasteiger partial charge in [-0.2, -0.15) is 5.10 Å². The number of anilines is 1. The highest BCUT2D eigenvalue weighted by Gasteiger charge is 2.07. The lowest BCUT2D eigenvalue weighted by Crippen LogP contribution is -2.32. The first-order chi connectivity index (χ1) is 15.5. The van der Waals surface area contributed by atoms with Crippen LogP contribution in [-0.4, -0.2) is 28.4 Å². The van der Waals surface area contributed by atoms with Crippen molar-refractivity contribution in [3.63, 3.8) is 0 Å². The van der Waals surface area contributed by atoms with Crippen LogP contribution in [0.25, 0.3) is 10.9 Å².